The van der Waals surface area contributed by atoms with E-state index in [0.29, 0.717) is 6.10 Å². The Morgan fingerprint density at radius 3 is 2.67 bits per heavy atom. The van der Waals surface area contributed by atoms with E-state index in [-0.39, 0.29) is 6.04 Å². The van der Waals surface area contributed by atoms with E-state index in [9.17, 15) is 0 Å². The normalized spacial score (nSPS) is 27.3. The van der Waals surface area contributed by atoms with Crippen LogP contribution in [-0.4, -0.2) is 17.6 Å². The second-order valence-electron chi connectivity index (χ2n) is 6.73. The van der Waals surface area contributed by atoms with Crippen molar-refractivity contribution in [2.24, 2.45) is 11.8 Å². The molecule has 1 aromatic heterocycles. The Kier molecular flexibility index (Phi) is 6.04. The number of nitrogens with zero attached hydrogens (tertiary/aromatic N) is 1. The van der Waals surface area contributed by atoms with Crippen LogP contribution in [0.2, 0.25) is 0 Å². The Morgan fingerprint density at radius 2 is 2.00 bits per heavy atom. The Morgan fingerprint density at radius 1 is 1.29 bits per heavy atom. The Hall–Kier alpha value is -1.09. The lowest BCUT2D eigenvalue weighted by molar-refractivity contribution is 0.0951. The summed E-state index contributed by atoms with van der Waals surface area (Å²) in [6.45, 7) is 10.1. The number of aromatic nitrogens is 1. The second-order valence-corrected chi connectivity index (χ2v) is 6.73. The maximum Gasteiger partial charge on any atom is 0.218 e. The number of nitrogens with one attached hydrogen (secondary N) is 1. The largest absolute Gasteiger partial charge is 0.474 e. The summed E-state index contributed by atoms with van der Waals surface area (Å²) in [5, 5.41) is 3.52. The highest BCUT2D eigenvalue weighted by molar-refractivity contribution is 5.28. The van der Waals surface area contributed by atoms with Crippen LogP contribution in [0.5, 0.6) is 5.88 Å². The van der Waals surface area contributed by atoms with Crippen molar-refractivity contribution in [1.82, 2.24) is 10.3 Å². The smallest absolute Gasteiger partial charge is 0.218 e. The molecule has 0 radical (unpaired) electrons. The molecular weight excluding hydrogens is 260 g/mol. The van der Waals surface area contributed by atoms with Crippen LogP contribution in [0.3, 0.4) is 0 Å². The van der Waals surface area contributed by atoms with Crippen LogP contribution in [-0.2, 0) is 0 Å². The van der Waals surface area contributed by atoms with Crippen LogP contribution < -0.4 is 10.1 Å². The lowest BCUT2D eigenvalue weighted by Crippen LogP contribution is -2.29. The molecule has 1 aromatic rings. The summed E-state index contributed by atoms with van der Waals surface area (Å²) in [4.78, 5) is 4.49. The summed E-state index contributed by atoms with van der Waals surface area (Å²) in [6, 6.07) is 4.41. The lowest BCUT2D eigenvalue weighted by atomic mass is 9.82. The Labute approximate surface area is 129 Å². The van der Waals surface area contributed by atoms with Gasteiger partial charge in [0.05, 0.1) is 0 Å². The average Bonchev–Trinajstić information content (AvgIpc) is 2.44. The summed E-state index contributed by atoms with van der Waals surface area (Å²) >= 11 is 0. The van der Waals surface area contributed by atoms with Gasteiger partial charge in [0, 0.05) is 17.8 Å². The fraction of sp³-hybridized carbons (Fsp3) is 0.722. The molecule has 1 saturated carbocycles. The van der Waals surface area contributed by atoms with E-state index in [2.05, 4.69) is 44.1 Å². The average molecular weight is 290 g/mol. The second kappa shape index (κ2) is 7.79. The zero-order chi connectivity index (χ0) is 15.2. The van der Waals surface area contributed by atoms with Gasteiger partial charge in [0.2, 0.25) is 5.88 Å². The van der Waals surface area contributed by atoms with Crippen molar-refractivity contribution >= 4 is 0 Å². The lowest BCUT2D eigenvalue weighted by Gasteiger charge is -2.32. The first-order chi connectivity index (χ1) is 10.1. The van der Waals surface area contributed by atoms with Crippen LogP contribution >= 0.6 is 0 Å². The van der Waals surface area contributed by atoms with E-state index >= 15 is 0 Å². The molecule has 0 amide bonds. The van der Waals surface area contributed by atoms with E-state index in [4.69, 9.17) is 4.74 Å². The van der Waals surface area contributed by atoms with Gasteiger partial charge in [-0.25, -0.2) is 4.98 Å². The third-order valence-electron chi connectivity index (χ3n) is 4.38. The zero-order valence-electron chi connectivity index (χ0n) is 13.9. The van der Waals surface area contributed by atoms with E-state index in [1.807, 2.05) is 12.3 Å². The minimum atomic E-state index is 0.284. The van der Waals surface area contributed by atoms with Crippen molar-refractivity contribution in [2.75, 3.05) is 6.54 Å². The topological polar surface area (TPSA) is 34.2 Å². The third-order valence-corrected chi connectivity index (χ3v) is 4.38. The van der Waals surface area contributed by atoms with Crippen molar-refractivity contribution in [1.29, 1.82) is 0 Å². The van der Waals surface area contributed by atoms with Gasteiger partial charge in [0.15, 0.2) is 0 Å². The molecule has 21 heavy (non-hydrogen) atoms. The fourth-order valence-corrected chi connectivity index (χ4v) is 3.43. The van der Waals surface area contributed by atoms with Gasteiger partial charge in [-0.3, -0.25) is 0 Å². The molecule has 1 N–H and O–H groups in total. The maximum absolute atomic E-state index is 6.28. The SMILES string of the molecule is CCCNC(C)c1cccnc1OC1CC(C)CC(C)C1. The number of pyridine rings is 1. The highest BCUT2D eigenvalue weighted by atomic mass is 16.5. The summed E-state index contributed by atoms with van der Waals surface area (Å²) in [6.07, 6.45) is 6.91. The molecule has 0 spiro atoms. The van der Waals surface area contributed by atoms with E-state index in [0.717, 1.165) is 43.5 Å². The minimum absolute atomic E-state index is 0.284. The molecule has 2 rings (SSSR count). The van der Waals surface area contributed by atoms with Gasteiger partial charge in [-0.15, -0.1) is 0 Å². The van der Waals surface area contributed by atoms with Crippen molar-refractivity contribution < 1.29 is 4.74 Å². The van der Waals surface area contributed by atoms with Crippen LogP contribution in [0.1, 0.15) is 65.0 Å². The molecule has 118 valence electrons. The van der Waals surface area contributed by atoms with Gasteiger partial charge in [0.1, 0.15) is 6.10 Å². The van der Waals surface area contributed by atoms with Gasteiger partial charge in [-0.2, -0.15) is 0 Å². The first kappa shape index (κ1) is 16.3. The summed E-state index contributed by atoms with van der Waals surface area (Å²) in [7, 11) is 0. The van der Waals surface area contributed by atoms with Crippen molar-refractivity contribution in [3.05, 3.63) is 23.9 Å². The van der Waals surface area contributed by atoms with E-state index in [1.165, 1.54) is 12.0 Å². The monoisotopic (exact) mass is 290 g/mol. The van der Waals surface area contributed by atoms with Crippen molar-refractivity contribution in [2.45, 2.75) is 65.5 Å². The Balaban J connectivity index is 2.05. The van der Waals surface area contributed by atoms with Crippen molar-refractivity contribution in [3.8, 4) is 5.88 Å². The molecule has 0 saturated heterocycles. The van der Waals surface area contributed by atoms with Gasteiger partial charge < -0.3 is 10.1 Å². The molecule has 3 heteroatoms. The zero-order valence-corrected chi connectivity index (χ0v) is 13.9. The third kappa shape index (κ3) is 4.70. The first-order valence-electron chi connectivity index (χ1n) is 8.45. The van der Waals surface area contributed by atoms with Crippen LogP contribution in [0, 0.1) is 11.8 Å². The number of hydrogen-bond acceptors (Lipinski definition) is 3. The summed E-state index contributed by atoms with van der Waals surface area (Å²) in [5.41, 5.74) is 1.18. The predicted octanol–water partition coefficient (Wildman–Crippen LogP) is 4.35. The highest BCUT2D eigenvalue weighted by Crippen LogP contribution is 2.32. The summed E-state index contributed by atoms with van der Waals surface area (Å²) in [5.74, 6) is 2.32. The van der Waals surface area contributed by atoms with Gasteiger partial charge in [-0.1, -0.05) is 26.8 Å². The molecule has 3 nitrogen and oxygen atoms in total. The molecule has 1 heterocycles. The molecule has 0 aliphatic heterocycles. The van der Waals surface area contributed by atoms with E-state index < -0.39 is 0 Å². The number of rotatable bonds is 6. The molecule has 0 aromatic carbocycles. The van der Waals surface area contributed by atoms with Gasteiger partial charge in [-0.05, 0) is 57.1 Å². The predicted molar refractivity (Wildman–Crippen MR) is 87.5 cm³/mol. The van der Waals surface area contributed by atoms with E-state index in [1.54, 1.807) is 0 Å². The molecule has 1 aliphatic rings. The summed E-state index contributed by atoms with van der Waals surface area (Å²) < 4.78 is 6.28. The van der Waals surface area contributed by atoms with Crippen LogP contribution in [0.25, 0.3) is 0 Å². The molecular formula is C18H30N2O. The standard InChI is InChI=1S/C18H30N2O/c1-5-8-19-15(4)17-7-6-9-20-18(17)21-16-11-13(2)10-14(3)12-16/h6-7,9,13-16,19H,5,8,10-12H2,1-4H3. The molecule has 1 aliphatic carbocycles. The first-order valence-corrected chi connectivity index (χ1v) is 8.45. The number of ether oxygens (including phenoxy) is 1. The molecule has 3 atom stereocenters. The Bertz CT molecular complexity index is 425. The van der Waals surface area contributed by atoms with Gasteiger partial charge >= 0.3 is 0 Å². The number of hydrogen-bond donors (Lipinski definition) is 1. The van der Waals surface area contributed by atoms with Crippen LogP contribution in [0.4, 0.5) is 0 Å². The fourth-order valence-electron chi connectivity index (χ4n) is 3.43. The van der Waals surface area contributed by atoms with Gasteiger partial charge in [0.25, 0.3) is 0 Å². The molecule has 0 bridgehead atoms. The maximum atomic E-state index is 6.28. The van der Waals surface area contributed by atoms with Crippen molar-refractivity contribution in [3.63, 3.8) is 0 Å². The molecule has 1 fully saturated rings. The molecule has 3 unspecified atom stereocenters. The highest BCUT2D eigenvalue weighted by Gasteiger charge is 2.26. The van der Waals surface area contributed by atoms with Crippen LogP contribution in [0.15, 0.2) is 18.3 Å². The minimum Gasteiger partial charge on any atom is -0.474 e. The quantitative estimate of drug-likeness (QED) is 0.846.